The maximum Gasteiger partial charge on any atom is 0.261 e. The van der Waals surface area contributed by atoms with E-state index in [0.717, 1.165) is 12.8 Å². The van der Waals surface area contributed by atoms with Gasteiger partial charge < -0.3 is 9.88 Å². The molecule has 0 atom stereocenters. The number of benzene rings is 2. The van der Waals surface area contributed by atoms with Gasteiger partial charge in [0.2, 0.25) is 0 Å². The Bertz CT molecular complexity index is 1050. The summed E-state index contributed by atoms with van der Waals surface area (Å²) in [5, 5.41) is 0.518. The molecule has 0 fully saturated rings. The van der Waals surface area contributed by atoms with Crippen LogP contribution in [-0.4, -0.2) is 34.0 Å². The number of carbonyl (C=O) groups is 1. The third-order valence-corrected chi connectivity index (χ3v) is 4.87. The Kier molecular flexibility index (Phi) is 5.32. The predicted octanol–water partition coefficient (Wildman–Crippen LogP) is 3.30. The van der Waals surface area contributed by atoms with Gasteiger partial charge in [-0.3, -0.25) is 14.2 Å². The topological polar surface area (TPSA) is 58.1 Å². The lowest BCUT2D eigenvalue weighted by molar-refractivity contribution is 0.0793. The summed E-state index contributed by atoms with van der Waals surface area (Å²) in [4.78, 5) is 29.6. The van der Waals surface area contributed by atoms with Crippen molar-refractivity contribution in [2.45, 2.75) is 12.8 Å². The molecule has 134 valence electrons. The number of carbonyl (C=O) groups excluding carboxylic acids is 1. The number of hydrogen-bond acceptors (Lipinski definition) is 3. The molecule has 0 aliphatic carbocycles. The van der Waals surface area contributed by atoms with Crippen molar-refractivity contribution in [1.29, 1.82) is 0 Å². The van der Waals surface area contributed by atoms with Crippen molar-refractivity contribution in [1.82, 2.24) is 14.5 Å². The summed E-state index contributed by atoms with van der Waals surface area (Å²) in [7, 11) is 3.42. The van der Waals surface area contributed by atoms with Crippen LogP contribution < -0.4 is 5.56 Å². The highest BCUT2D eigenvalue weighted by Crippen LogP contribution is 2.13. The molecule has 5 nitrogen and oxygen atoms in total. The number of aromatic nitrogens is 2. The van der Waals surface area contributed by atoms with Gasteiger partial charge in [0.25, 0.3) is 11.5 Å². The van der Waals surface area contributed by atoms with Crippen LogP contribution in [0.2, 0.25) is 0 Å². The van der Waals surface area contributed by atoms with Crippen LogP contribution in [0.1, 0.15) is 22.3 Å². The third-order valence-electron chi connectivity index (χ3n) is 4.50. The monoisotopic (exact) mass is 367 g/mol. The zero-order chi connectivity index (χ0) is 18.7. The lowest BCUT2D eigenvalue weighted by Crippen LogP contribution is -2.28. The Labute approximate surface area is 156 Å². The number of amides is 1. The van der Waals surface area contributed by atoms with Crippen molar-refractivity contribution in [3.8, 4) is 0 Å². The van der Waals surface area contributed by atoms with Gasteiger partial charge in [-0.15, -0.1) is 0 Å². The average Bonchev–Trinajstić information content (AvgIpc) is 2.66. The van der Waals surface area contributed by atoms with E-state index in [1.54, 1.807) is 37.2 Å². The quantitative estimate of drug-likeness (QED) is 0.704. The van der Waals surface area contributed by atoms with E-state index in [1.807, 2.05) is 18.2 Å². The van der Waals surface area contributed by atoms with Gasteiger partial charge in [-0.2, -0.15) is 0 Å². The molecule has 1 N–H and O–H groups in total. The summed E-state index contributed by atoms with van der Waals surface area (Å²) in [6.45, 7) is 0.665. The molecular weight excluding hydrogens is 346 g/mol. The second-order valence-electron chi connectivity index (χ2n) is 6.37. The minimum absolute atomic E-state index is 0.0695. The maximum absolute atomic E-state index is 12.7. The van der Waals surface area contributed by atoms with E-state index in [9.17, 15) is 9.59 Å². The number of nitrogens with zero attached hydrogens (tertiary/aromatic N) is 2. The molecule has 0 unspecified atom stereocenters. The van der Waals surface area contributed by atoms with Crippen molar-refractivity contribution >= 4 is 29.0 Å². The maximum atomic E-state index is 12.7. The van der Waals surface area contributed by atoms with Gasteiger partial charge in [0.05, 0.1) is 10.9 Å². The second kappa shape index (κ2) is 7.66. The third kappa shape index (κ3) is 3.75. The van der Waals surface area contributed by atoms with E-state index in [1.165, 1.54) is 10.1 Å². The summed E-state index contributed by atoms with van der Waals surface area (Å²) < 4.78 is 1.72. The normalized spacial score (nSPS) is 10.8. The largest absolute Gasteiger partial charge is 0.342 e. The second-order valence-corrected chi connectivity index (χ2v) is 6.76. The fraction of sp³-hybridized carbons (Fsp3) is 0.250. The molecule has 0 bridgehead atoms. The molecule has 3 aromatic rings. The van der Waals surface area contributed by atoms with Crippen molar-refractivity contribution in [2.24, 2.45) is 7.05 Å². The smallest absolute Gasteiger partial charge is 0.261 e. The number of fused-ring (bicyclic) bond motifs is 1. The number of rotatable bonds is 5. The standard InChI is InChI=1S/C20H21N3O2S/c1-22(12-6-9-14-7-4-3-5-8-14)18(24)15-10-11-16-17(13-15)21-20(26)23(2)19(16)25/h3-5,7-8,10-11,13H,6,9,12H2,1-2H3,(H,21,26). The number of H-pyrrole nitrogens is 1. The molecule has 1 amide bonds. The van der Waals surface area contributed by atoms with E-state index in [-0.39, 0.29) is 11.5 Å². The van der Waals surface area contributed by atoms with E-state index < -0.39 is 0 Å². The van der Waals surface area contributed by atoms with Gasteiger partial charge in [-0.25, -0.2) is 0 Å². The Balaban J connectivity index is 1.73. The summed E-state index contributed by atoms with van der Waals surface area (Å²) in [6.07, 6.45) is 1.82. The van der Waals surface area contributed by atoms with Gasteiger partial charge in [-0.05, 0) is 48.8 Å². The highest BCUT2D eigenvalue weighted by atomic mass is 32.1. The minimum atomic E-state index is -0.168. The van der Waals surface area contributed by atoms with Crippen LogP contribution in [0.15, 0.2) is 53.3 Å². The van der Waals surface area contributed by atoms with Crippen LogP contribution in [0.25, 0.3) is 10.9 Å². The first-order valence-corrected chi connectivity index (χ1v) is 8.90. The zero-order valence-corrected chi connectivity index (χ0v) is 15.7. The molecule has 1 aromatic heterocycles. The lowest BCUT2D eigenvalue weighted by atomic mass is 10.1. The van der Waals surface area contributed by atoms with E-state index in [4.69, 9.17) is 12.2 Å². The zero-order valence-electron chi connectivity index (χ0n) is 14.9. The first kappa shape index (κ1) is 18.1. The van der Waals surface area contributed by atoms with Gasteiger partial charge in [0.1, 0.15) is 0 Å². The van der Waals surface area contributed by atoms with E-state index >= 15 is 0 Å². The lowest BCUT2D eigenvalue weighted by Gasteiger charge is -2.17. The summed E-state index contributed by atoms with van der Waals surface area (Å²) >= 11 is 5.14. The van der Waals surface area contributed by atoms with Crippen LogP contribution in [0.3, 0.4) is 0 Å². The van der Waals surface area contributed by atoms with Gasteiger partial charge in [0.15, 0.2) is 4.77 Å². The van der Waals surface area contributed by atoms with Crippen molar-refractivity contribution < 1.29 is 4.79 Å². The number of nitrogens with one attached hydrogen (secondary N) is 1. The molecular formula is C20H21N3O2S. The van der Waals surface area contributed by atoms with Crippen LogP contribution in [0.5, 0.6) is 0 Å². The fourth-order valence-electron chi connectivity index (χ4n) is 2.93. The van der Waals surface area contributed by atoms with Gasteiger partial charge in [-0.1, -0.05) is 30.3 Å². The molecule has 1 heterocycles. The Morgan fingerprint density at radius 2 is 1.92 bits per heavy atom. The molecule has 2 aromatic carbocycles. The summed E-state index contributed by atoms with van der Waals surface area (Å²) in [5.41, 5.74) is 2.22. The van der Waals surface area contributed by atoms with Gasteiger partial charge >= 0.3 is 0 Å². The predicted molar refractivity (Wildman–Crippen MR) is 106 cm³/mol. The Hall–Kier alpha value is -2.73. The highest BCUT2D eigenvalue weighted by Gasteiger charge is 2.13. The summed E-state index contributed by atoms with van der Waals surface area (Å²) in [5.74, 6) is -0.0695. The van der Waals surface area contributed by atoms with Gasteiger partial charge in [0, 0.05) is 26.2 Å². The SMILES string of the molecule is CN(CCCc1ccccc1)C(=O)c1ccc2c(=O)n(C)c(=S)[nH]c2c1. The number of aromatic amines is 1. The summed E-state index contributed by atoms with van der Waals surface area (Å²) in [6, 6.07) is 15.3. The molecule has 6 heteroatoms. The molecule has 3 rings (SSSR count). The van der Waals surface area contributed by atoms with E-state index in [0.29, 0.717) is 27.8 Å². The Morgan fingerprint density at radius 3 is 2.65 bits per heavy atom. The number of hydrogen-bond donors (Lipinski definition) is 1. The molecule has 0 saturated heterocycles. The molecule has 0 aliphatic rings. The van der Waals surface area contributed by atoms with Crippen LogP contribution in [-0.2, 0) is 13.5 Å². The molecule has 0 spiro atoms. The first-order chi connectivity index (χ1) is 12.5. The average molecular weight is 367 g/mol. The Morgan fingerprint density at radius 1 is 1.19 bits per heavy atom. The molecule has 0 saturated carbocycles. The van der Waals surface area contributed by atoms with Crippen LogP contribution >= 0.6 is 12.2 Å². The van der Waals surface area contributed by atoms with Crippen LogP contribution in [0, 0.1) is 4.77 Å². The highest BCUT2D eigenvalue weighted by molar-refractivity contribution is 7.71. The van der Waals surface area contributed by atoms with Crippen molar-refractivity contribution in [3.05, 3.63) is 74.8 Å². The number of aryl methyl sites for hydroxylation is 1. The molecule has 0 aliphatic heterocycles. The van der Waals surface area contributed by atoms with Crippen LogP contribution in [0.4, 0.5) is 0 Å². The fourth-order valence-corrected chi connectivity index (χ4v) is 3.12. The molecule has 0 radical (unpaired) electrons. The van der Waals surface area contributed by atoms with Crippen molar-refractivity contribution in [2.75, 3.05) is 13.6 Å². The minimum Gasteiger partial charge on any atom is -0.342 e. The van der Waals surface area contributed by atoms with Crippen molar-refractivity contribution in [3.63, 3.8) is 0 Å². The van der Waals surface area contributed by atoms with E-state index in [2.05, 4.69) is 17.1 Å². The molecule has 26 heavy (non-hydrogen) atoms. The first-order valence-electron chi connectivity index (χ1n) is 8.50.